The van der Waals surface area contributed by atoms with Crippen molar-refractivity contribution in [2.45, 2.75) is 25.8 Å². The lowest BCUT2D eigenvalue weighted by Crippen LogP contribution is -2.22. The van der Waals surface area contributed by atoms with Crippen molar-refractivity contribution in [1.82, 2.24) is 4.98 Å². The average Bonchev–Trinajstić information content (AvgIpc) is 2.46. The Hall–Kier alpha value is -2.70. The molecule has 1 unspecified atom stereocenters. The van der Waals surface area contributed by atoms with Crippen molar-refractivity contribution in [2.24, 2.45) is 0 Å². The molecule has 0 aliphatic heterocycles. The second kappa shape index (κ2) is 6.17. The highest BCUT2D eigenvalue weighted by atomic mass is 16.6. The summed E-state index contributed by atoms with van der Waals surface area (Å²) in [6.45, 7) is 1.88. The molecule has 7 nitrogen and oxygen atoms in total. The van der Waals surface area contributed by atoms with Gasteiger partial charge in [-0.05, 0) is 24.6 Å². The van der Waals surface area contributed by atoms with E-state index in [-0.39, 0.29) is 23.7 Å². The van der Waals surface area contributed by atoms with Crippen LogP contribution < -0.4 is 5.32 Å². The van der Waals surface area contributed by atoms with Gasteiger partial charge in [0.25, 0.3) is 5.69 Å². The smallest absolute Gasteiger partial charge is 0.305 e. The van der Waals surface area contributed by atoms with Crippen LogP contribution in [0.25, 0.3) is 10.9 Å². The summed E-state index contributed by atoms with van der Waals surface area (Å²) in [6.07, 6.45) is 2.11. The summed E-state index contributed by atoms with van der Waals surface area (Å²) >= 11 is 0. The molecule has 7 heteroatoms. The quantitative estimate of drug-likeness (QED) is 0.625. The standard InChI is InChI=1S/C14H15N3O4/c1-2-9(8-13(18)19)16-11-5-6-12(17(20)21)14-10(11)4-3-7-15-14/h3-7,9,16H,2,8H2,1H3,(H,18,19). The summed E-state index contributed by atoms with van der Waals surface area (Å²) < 4.78 is 0. The molecule has 0 fully saturated rings. The van der Waals surface area contributed by atoms with E-state index >= 15 is 0 Å². The van der Waals surface area contributed by atoms with Gasteiger partial charge in [-0.2, -0.15) is 0 Å². The Labute approximate surface area is 120 Å². The van der Waals surface area contributed by atoms with Crippen molar-refractivity contribution in [3.8, 4) is 0 Å². The number of aliphatic carboxylic acids is 1. The summed E-state index contributed by atoms with van der Waals surface area (Å²) in [5.41, 5.74) is 0.872. The highest BCUT2D eigenvalue weighted by Crippen LogP contribution is 2.30. The number of carboxylic acids is 1. The van der Waals surface area contributed by atoms with Crippen LogP contribution in [-0.2, 0) is 4.79 Å². The molecule has 0 spiro atoms. The summed E-state index contributed by atoms with van der Waals surface area (Å²) in [5, 5.41) is 23.6. The molecular formula is C14H15N3O4. The van der Waals surface area contributed by atoms with Gasteiger partial charge >= 0.3 is 5.97 Å². The molecule has 0 saturated heterocycles. The molecule has 1 aromatic carbocycles. The van der Waals surface area contributed by atoms with E-state index in [1.165, 1.54) is 12.3 Å². The van der Waals surface area contributed by atoms with Crippen LogP contribution in [0.15, 0.2) is 30.5 Å². The Balaban J connectivity index is 2.43. The molecule has 0 amide bonds. The van der Waals surface area contributed by atoms with E-state index in [9.17, 15) is 14.9 Å². The minimum atomic E-state index is -0.890. The number of nitrogens with zero attached hydrogens (tertiary/aromatic N) is 2. The molecular weight excluding hydrogens is 274 g/mol. The van der Waals surface area contributed by atoms with E-state index in [1.54, 1.807) is 18.2 Å². The van der Waals surface area contributed by atoms with Crippen molar-refractivity contribution in [2.75, 3.05) is 5.32 Å². The number of nitrogens with one attached hydrogen (secondary N) is 1. The summed E-state index contributed by atoms with van der Waals surface area (Å²) in [5.74, 6) is -0.890. The topological polar surface area (TPSA) is 105 Å². The van der Waals surface area contributed by atoms with E-state index in [0.29, 0.717) is 17.5 Å². The Morgan fingerprint density at radius 1 is 1.48 bits per heavy atom. The van der Waals surface area contributed by atoms with Crippen LogP contribution in [0, 0.1) is 10.1 Å². The van der Waals surface area contributed by atoms with Gasteiger partial charge in [0.1, 0.15) is 5.52 Å². The third-order valence-electron chi connectivity index (χ3n) is 3.22. The molecule has 1 heterocycles. The maximum Gasteiger partial charge on any atom is 0.305 e. The highest BCUT2D eigenvalue weighted by Gasteiger charge is 2.17. The lowest BCUT2D eigenvalue weighted by atomic mass is 10.1. The number of anilines is 1. The third-order valence-corrected chi connectivity index (χ3v) is 3.22. The fraction of sp³-hybridized carbons (Fsp3) is 0.286. The zero-order valence-electron chi connectivity index (χ0n) is 11.4. The number of fused-ring (bicyclic) bond motifs is 1. The predicted molar refractivity (Wildman–Crippen MR) is 78.4 cm³/mol. The van der Waals surface area contributed by atoms with Gasteiger partial charge in [0, 0.05) is 29.4 Å². The van der Waals surface area contributed by atoms with Gasteiger partial charge < -0.3 is 10.4 Å². The molecule has 2 rings (SSSR count). The number of pyridine rings is 1. The van der Waals surface area contributed by atoms with Crippen molar-refractivity contribution >= 4 is 28.2 Å². The molecule has 0 aliphatic carbocycles. The van der Waals surface area contributed by atoms with Crippen molar-refractivity contribution < 1.29 is 14.8 Å². The molecule has 2 aromatic rings. The van der Waals surface area contributed by atoms with E-state index in [1.807, 2.05) is 6.92 Å². The minimum Gasteiger partial charge on any atom is -0.481 e. The first-order chi connectivity index (χ1) is 10.0. The Morgan fingerprint density at radius 3 is 2.86 bits per heavy atom. The number of nitro benzene ring substituents is 1. The molecule has 1 atom stereocenters. The molecule has 1 aromatic heterocycles. The number of carboxylic acid groups (broad SMARTS) is 1. The fourth-order valence-electron chi connectivity index (χ4n) is 2.16. The summed E-state index contributed by atoms with van der Waals surface area (Å²) in [7, 11) is 0. The Kier molecular flexibility index (Phi) is 4.32. The zero-order chi connectivity index (χ0) is 15.4. The van der Waals surface area contributed by atoms with E-state index < -0.39 is 10.9 Å². The average molecular weight is 289 g/mol. The van der Waals surface area contributed by atoms with Crippen LogP contribution in [-0.4, -0.2) is 27.0 Å². The van der Waals surface area contributed by atoms with Crippen LogP contribution in [0.5, 0.6) is 0 Å². The molecule has 110 valence electrons. The highest BCUT2D eigenvalue weighted by molar-refractivity contribution is 5.97. The SMILES string of the molecule is CCC(CC(=O)O)Nc1ccc([N+](=O)[O-])c2ncccc12. The van der Waals surface area contributed by atoms with Crippen LogP contribution >= 0.6 is 0 Å². The molecule has 21 heavy (non-hydrogen) atoms. The minimum absolute atomic E-state index is 0.0186. The van der Waals surface area contributed by atoms with Gasteiger partial charge in [-0.3, -0.25) is 14.9 Å². The van der Waals surface area contributed by atoms with Crippen LogP contribution in [0.4, 0.5) is 11.4 Å². The van der Waals surface area contributed by atoms with Crippen LogP contribution in [0.1, 0.15) is 19.8 Å². The second-order valence-electron chi connectivity index (χ2n) is 4.64. The first-order valence-corrected chi connectivity index (χ1v) is 6.53. The summed E-state index contributed by atoms with van der Waals surface area (Å²) in [4.78, 5) is 25.4. The maximum absolute atomic E-state index is 11.0. The number of carbonyl (C=O) groups is 1. The van der Waals surface area contributed by atoms with Gasteiger partial charge in [0.15, 0.2) is 0 Å². The molecule has 0 radical (unpaired) electrons. The number of nitro groups is 1. The monoisotopic (exact) mass is 289 g/mol. The van der Waals surface area contributed by atoms with Gasteiger partial charge in [0.05, 0.1) is 11.3 Å². The maximum atomic E-state index is 11.0. The molecule has 0 aliphatic rings. The fourth-order valence-corrected chi connectivity index (χ4v) is 2.16. The van der Waals surface area contributed by atoms with Crippen LogP contribution in [0.2, 0.25) is 0 Å². The first-order valence-electron chi connectivity index (χ1n) is 6.53. The molecule has 2 N–H and O–H groups in total. The van der Waals surface area contributed by atoms with Crippen molar-refractivity contribution in [1.29, 1.82) is 0 Å². The van der Waals surface area contributed by atoms with Gasteiger partial charge in [-0.25, -0.2) is 4.98 Å². The first kappa shape index (κ1) is 14.7. The number of non-ortho nitro benzene ring substituents is 1. The van der Waals surface area contributed by atoms with Crippen molar-refractivity contribution in [3.05, 3.63) is 40.6 Å². The zero-order valence-corrected chi connectivity index (χ0v) is 11.4. The third kappa shape index (κ3) is 3.25. The normalized spacial score (nSPS) is 12.0. The number of hydrogen-bond acceptors (Lipinski definition) is 5. The molecule has 0 bridgehead atoms. The predicted octanol–water partition coefficient (Wildman–Crippen LogP) is 2.81. The molecule has 0 saturated carbocycles. The lowest BCUT2D eigenvalue weighted by Gasteiger charge is -2.17. The van der Waals surface area contributed by atoms with Gasteiger partial charge in [0.2, 0.25) is 0 Å². The largest absolute Gasteiger partial charge is 0.481 e. The number of hydrogen-bond donors (Lipinski definition) is 2. The van der Waals surface area contributed by atoms with E-state index in [2.05, 4.69) is 10.3 Å². The summed E-state index contributed by atoms with van der Waals surface area (Å²) in [6, 6.07) is 6.14. The van der Waals surface area contributed by atoms with E-state index in [4.69, 9.17) is 5.11 Å². The number of rotatable bonds is 6. The van der Waals surface area contributed by atoms with Gasteiger partial charge in [-0.15, -0.1) is 0 Å². The lowest BCUT2D eigenvalue weighted by molar-refractivity contribution is -0.383. The van der Waals surface area contributed by atoms with Crippen LogP contribution in [0.3, 0.4) is 0 Å². The Morgan fingerprint density at radius 2 is 2.24 bits per heavy atom. The second-order valence-corrected chi connectivity index (χ2v) is 4.64. The Bertz CT molecular complexity index is 687. The van der Waals surface area contributed by atoms with Crippen molar-refractivity contribution in [3.63, 3.8) is 0 Å². The number of benzene rings is 1. The van der Waals surface area contributed by atoms with E-state index in [0.717, 1.165) is 0 Å². The number of aromatic nitrogens is 1. The van der Waals surface area contributed by atoms with Gasteiger partial charge in [-0.1, -0.05) is 6.92 Å².